The number of amides is 1. The van der Waals surface area contributed by atoms with Crippen LogP contribution in [0.4, 0.5) is 0 Å². The third-order valence-electron chi connectivity index (χ3n) is 3.03. The second kappa shape index (κ2) is 6.89. The Kier molecular flexibility index (Phi) is 5.50. The largest absolute Gasteiger partial charge is 0.481 e. The SMILES string of the molecule is CC(C(=O)N[C@H](CCCC(=O)O)C(=O)O)=C1CNC1. The molecule has 1 rings (SSSR count). The summed E-state index contributed by atoms with van der Waals surface area (Å²) in [6.07, 6.45) is 0.210. The first kappa shape index (κ1) is 15.2. The van der Waals surface area contributed by atoms with Gasteiger partial charge in [-0.2, -0.15) is 0 Å². The number of carboxylic acid groups (broad SMARTS) is 2. The monoisotopic (exact) mass is 270 g/mol. The summed E-state index contributed by atoms with van der Waals surface area (Å²) in [4.78, 5) is 33.2. The van der Waals surface area contributed by atoms with Gasteiger partial charge in [-0.1, -0.05) is 0 Å². The molecule has 0 spiro atoms. The summed E-state index contributed by atoms with van der Waals surface area (Å²) in [5.41, 5.74) is 1.50. The van der Waals surface area contributed by atoms with Gasteiger partial charge in [-0.05, 0) is 25.3 Å². The van der Waals surface area contributed by atoms with Crippen molar-refractivity contribution < 1.29 is 24.6 Å². The number of hydrogen-bond acceptors (Lipinski definition) is 4. The minimum absolute atomic E-state index is 0.105. The molecule has 0 aromatic carbocycles. The number of carbonyl (C=O) groups is 3. The molecule has 106 valence electrons. The summed E-state index contributed by atoms with van der Waals surface area (Å²) in [5, 5.41) is 22.9. The van der Waals surface area contributed by atoms with Crippen LogP contribution in [0.5, 0.6) is 0 Å². The zero-order valence-corrected chi connectivity index (χ0v) is 10.7. The molecular weight excluding hydrogens is 252 g/mol. The Morgan fingerprint density at radius 2 is 1.95 bits per heavy atom. The summed E-state index contributed by atoms with van der Waals surface area (Å²) in [5.74, 6) is -2.53. The summed E-state index contributed by atoms with van der Waals surface area (Å²) in [7, 11) is 0. The van der Waals surface area contributed by atoms with E-state index >= 15 is 0 Å². The van der Waals surface area contributed by atoms with E-state index < -0.39 is 23.9 Å². The van der Waals surface area contributed by atoms with Crippen molar-refractivity contribution in [3.8, 4) is 0 Å². The van der Waals surface area contributed by atoms with E-state index in [-0.39, 0.29) is 19.3 Å². The maximum Gasteiger partial charge on any atom is 0.326 e. The van der Waals surface area contributed by atoms with Gasteiger partial charge in [0.1, 0.15) is 6.04 Å². The predicted octanol–water partition coefficient (Wildman–Crippen LogP) is -0.270. The van der Waals surface area contributed by atoms with Gasteiger partial charge in [0.2, 0.25) is 5.91 Å². The van der Waals surface area contributed by atoms with Gasteiger partial charge in [0.05, 0.1) is 0 Å². The van der Waals surface area contributed by atoms with Crippen LogP contribution in [0.25, 0.3) is 0 Å². The van der Waals surface area contributed by atoms with Crippen LogP contribution in [0, 0.1) is 0 Å². The molecule has 1 fully saturated rings. The molecule has 1 amide bonds. The maximum atomic E-state index is 11.8. The molecule has 19 heavy (non-hydrogen) atoms. The quantitative estimate of drug-likeness (QED) is 0.473. The van der Waals surface area contributed by atoms with Crippen molar-refractivity contribution in [2.75, 3.05) is 13.1 Å². The second-order valence-electron chi connectivity index (χ2n) is 4.48. The first-order chi connectivity index (χ1) is 8.91. The highest BCUT2D eigenvalue weighted by molar-refractivity contribution is 5.96. The highest BCUT2D eigenvalue weighted by Gasteiger charge is 2.23. The van der Waals surface area contributed by atoms with Gasteiger partial charge in [0, 0.05) is 25.1 Å². The van der Waals surface area contributed by atoms with Crippen LogP contribution in [-0.4, -0.2) is 47.2 Å². The highest BCUT2D eigenvalue weighted by Crippen LogP contribution is 2.10. The van der Waals surface area contributed by atoms with Gasteiger partial charge in [0.15, 0.2) is 0 Å². The van der Waals surface area contributed by atoms with E-state index in [1.165, 1.54) is 0 Å². The molecular formula is C12H18N2O5. The number of carboxylic acids is 2. The van der Waals surface area contributed by atoms with Crippen molar-refractivity contribution in [3.05, 3.63) is 11.1 Å². The first-order valence-electron chi connectivity index (χ1n) is 6.06. The van der Waals surface area contributed by atoms with Crippen molar-refractivity contribution >= 4 is 17.8 Å². The Morgan fingerprint density at radius 1 is 1.32 bits per heavy atom. The molecule has 0 bridgehead atoms. The van der Waals surface area contributed by atoms with E-state index in [4.69, 9.17) is 10.2 Å². The predicted molar refractivity (Wildman–Crippen MR) is 66.6 cm³/mol. The van der Waals surface area contributed by atoms with Crippen molar-refractivity contribution in [1.82, 2.24) is 10.6 Å². The molecule has 0 saturated carbocycles. The van der Waals surface area contributed by atoms with Crippen LogP contribution < -0.4 is 10.6 Å². The molecule has 1 aliphatic heterocycles. The Morgan fingerprint density at radius 3 is 2.37 bits per heavy atom. The van der Waals surface area contributed by atoms with Crippen LogP contribution in [0.1, 0.15) is 26.2 Å². The molecule has 0 aromatic heterocycles. The lowest BCUT2D eigenvalue weighted by atomic mass is 10.0. The lowest BCUT2D eigenvalue weighted by Gasteiger charge is -2.22. The van der Waals surface area contributed by atoms with Crippen LogP contribution in [0.3, 0.4) is 0 Å². The third-order valence-corrected chi connectivity index (χ3v) is 3.03. The van der Waals surface area contributed by atoms with Crippen molar-refractivity contribution in [2.45, 2.75) is 32.2 Å². The third kappa shape index (κ3) is 4.70. The average molecular weight is 270 g/mol. The molecule has 7 heteroatoms. The van der Waals surface area contributed by atoms with Gasteiger partial charge in [-0.25, -0.2) is 4.79 Å². The van der Waals surface area contributed by atoms with Gasteiger partial charge in [-0.3, -0.25) is 9.59 Å². The minimum atomic E-state index is -1.15. The van der Waals surface area contributed by atoms with E-state index in [0.29, 0.717) is 18.7 Å². The van der Waals surface area contributed by atoms with Crippen LogP contribution in [0.2, 0.25) is 0 Å². The molecule has 0 aromatic rings. The summed E-state index contributed by atoms with van der Waals surface area (Å²) >= 11 is 0. The van der Waals surface area contributed by atoms with Crippen molar-refractivity contribution in [3.63, 3.8) is 0 Å². The standard InChI is InChI=1S/C12H18N2O5/c1-7(8-5-13-6-8)11(17)14-9(12(18)19)3-2-4-10(15)16/h9,13H,2-6H2,1H3,(H,14,17)(H,15,16)(H,18,19)/t9-/m1/s1. The van der Waals surface area contributed by atoms with Gasteiger partial charge in [-0.15, -0.1) is 0 Å². The molecule has 7 nitrogen and oxygen atoms in total. The summed E-state index contributed by atoms with van der Waals surface area (Å²) < 4.78 is 0. The second-order valence-corrected chi connectivity index (χ2v) is 4.48. The molecule has 1 aliphatic rings. The Labute approximate surface area is 110 Å². The highest BCUT2D eigenvalue weighted by atomic mass is 16.4. The van der Waals surface area contributed by atoms with Crippen LogP contribution in [-0.2, 0) is 14.4 Å². The summed E-state index contributed by atoms with van der Waals surface area (Å²) in [6.45, 7) is 2.95. The molecule has 4 N–H and O–H groups in total. The van der Waals surface area contributed by atoms with Crippen LogP contribution in [0.15, 0.2) is 11.1 Å². The molecule has 0 unspecified atom stereocenters. The number of rotatable bonds is 7. The first-order valence-corrected chi connectivity index (χ1v) is 6.06. The van der Waals surface area contributed by atoms with Crippen LogP contribution >= 0.6 is 0 Å². The Balaban J connectivity index is 2.51. The fourth-order valence-electron chi connectivity index (χ4n) is 1.66. The zero-order chi connectivity index (χ0) is 14.4. The number of nitrogens with one attached hydrogen (secondary N) is 2. The lowest BCUT2D eigenvalue weighted by molar-refractivity contribution is -0.142. The fraction of sp³-hybridized carbons (Fsp3) is 0.583. The van der Waals surface area contributed by atoms with E-state index in [1.54, 1.807) is 6.92 Å². The maximum absolute atomic E-state index is 11.8. The molecule has 0 aliphatic carbocycles. The molecule has 1 heterocycles. The van der Waals surface area contributed by atoms with Gasteiger partial charge < -0.3 is 20.8 Å². The number of hydrogen-bond donors (Lipinski definition) is 4. The van der Waals surface area contributed by atoms with Gasteiger partial charge >= 0.3 is 11.9 Å². The minimum Gasteiger partial charge on any atom is -0.481 e. The summed E-state index contributed by atoms with van der Waals surface area (Å²) in [6, 6.07) is -1.05. The van der Waals surface area contributed by atoms with E-state index in [0.717, 1.165) is 5.57 Å². The average Bonchev–Trinajstić information content (AvgIpc) is 2.24. The van der Waals surface area contributed by atoms with Gasteiger partial charge in [0.25, 0.3) is 0 Å². The zero-order valence-electron chi connectivity index (χ0n) is 10.7. The lowest BCUT2D eigenvalue weighted by Crippen LogP contribution is -2.43. The van der Waals surface area contributed by atoms with Crippen molar-refractivity contribution in [2.24, 2.45) is 0 Å². The molecule has 0 radical (unpaired) electrons. The molecule has 1 atom stereocenters. The Bertz CT molecular complexity index is 410. The number of aliphatic carboxylic acids is 2. The Hall–Kier alpha value is -1.89. The fourth-order valence-corrected chi connectivity index (χ4v) is 1.66. The number of carbonyl (C=O) groups excluding carboxylic acids is 1. The van der Waals surface area contributed by atoms with E-state index in [2.05, 4.69) is 10.6 Å². The smallest absolute Gasteiger partial charge is 0.326 e. The van der Waals surface area contributed by atoms with Crippen molar-refractivity contribution in [1.29, 1.82) is 0 Å². The molecule has 1 saturated heterocycles. The topological polar surface area (TPSA) is 116 Å². The van der Waals surface area contributed by atoms with E-state index in [9.17, 15) is 14.4 Å². The van der Waals surface area contributed by atoms with E-state index in [1.807, 2.05) is 0 Å². The normalized spacial score (nSPS) is 15.3.